The van der Waals surface area contributed by atoms with Crippen LogP contribution >= 0.6 is 11.6 Å². The summed E-state index contributed by atoms with van der Waals surface area (Å²) in [4.78, 5) is 16.0. The molecular formula is C16H16ClF3N4O. The Bertz CT molecular complexity index is 762. The summed E-state index contributed by atoms with van der Waals surface area (Å²) in [5.41, 5.74) is 0.139. The monoisotopic (exact) mass is 372 g/mol. The van der Waals surface area contributed by atoms with Crippen LogP contribution in [0, 0.1) is 0 Å². The van der Waals surface area contributed by atoms with Crippen LogP contribution in [-0.4, -0.2) is 46.8 Å². The van der Waals surface area contributed by atoms with Gasteiger partial charge in [-0.2, -0.15) is 18.3 Å². The van der Waals surface area contributed by atoms with E-state index in [1.54, 1.807) is 18.0 Å². The van der Waals surface area contributed by atoms with Crippen molar-refractivity contribution in [2.75, 3.05) is 31.1 Å². The van der Waals surface area contributed by atoms with Crippen molar-refractivity contribution in [2.45, 2.75) is 6.18 Å². The molecule has 0 aliphatic carbocycles. The average molecular weight is 373 g/mol. The highest BCUT2D eigenvalue weighted by Gasteiger charge is 2.31. The Balaban J connectivity index is 1.69. The lowest BCUT2D eigenvalue weighted by Gasteiger charge is -2.36. The van der Waals surface area contributed by atoms with Gasteiger partial charge in [-0.25, -0.2) is 0 Å². The van der Waals surface area contributed by atoms with Gasteiger partial charge in [0.05, 0.1) is 16.8 Å². The number of benzene rings is 1. The van der Waals surface area contributed by atoms with Gasteiger partial charge in [0.1, 0.15) is 5.69 Å². The number of anilines is 1. The minimum absolute atomic E-state index is 0.228. The zero-order chi connectivity index (χ0) is 18.2. The molecule has 2 aromatic rings. The predicted molar refractivity (Wildman–Crippen MR) is 87.8 cm³/mol. The Labute approximate surface area is 147 Å². The molecule has 0 saturated carbocycles. The largest absolute Gasteiger partial charge is 0.416 e. The van der Waals surface area contributed by atoms with Crippen LogP contribution in [0.25, 0.3) is 0 Å². The second-order valence-corrected chi connectivity index (χ2v) is 6.20. The van der Waals surface area contributed by atoms with Crippen molar-refractivity contribution in [3.8, 4) is 0 Å². The number of amides is 1. The number of halogens is 4. The zero-order valence-electron chi connectivity index (χ0n) is 13.4. The minimum atomic E-state index is -4.37. The SMILES string of the molecule is Cn1ncc(Cl)c1C(=O)N1CCN(c2cccc(C(F)(F)F)c2)CC1. The highest BCUT2D eigenvalue weighted by Crippen LogP contribution is 2.32. The smallest absolute Gasteiger partial charge is 0.368 e. The number of carbonyl (C=O) groups excluding carboxylic acids is 1. The molecule has 1 amide bonds. The Morgan fingerprint density at radius 1 is 1.20 bits per heavy atom. The van der Waals surface area contributed by atoms with Crippen LogP contribution in [-0.2, 0) is 13.2 Å². The molecule has 0 atom stereocenters. The Morgan fingerprint density at radius 2 is 1.88 bits per heavy atom. The van der Waals surface area contributed by atoms with Gasteiger partial charge in [-0.05, 0) is 18.2 Å². The second kappa shape index (κ2) is 6.59. The molecule has 5 nitrogen and oxygen atoms in total. The molecule has 134 valence electrons. The third-order valence-corrected chi connectivity index (χ3v) is 4.48. The molecule has 3 rings (SSSR count). The molecule has 0 bridgehead atoms. The first-order valence-corrected chi connectivity index (χ1v) is 8.04. The molecular weight excluding hydrogens is 357 g/mol. The van der Waals surface area contributed by atoms with Gasteiger partial charge in [0.2, 0.25) is 0 Å². The van der Waals surface area contributed by atoms with Crippen molar-refractivity contribution in [3.63, 3.8) is 0 Å². The molecule has 1 aromatic heterocycles. The van der Waals surface area contributed by atoms with E-state index in [1.165, 1.54) is 16.9 Å². The molecule has 1 aliphatic rings. The summed E-state index contributed by atoms with van der Waals surface area (Å²) < 4.78 is 40.0. The summed E-state index contributed by atoms with van der Waals surface area (Å²) >= 11 is 6.00. The third kappa shape index (κ3) is 3.58. The summed E-state index contributed by atoms with van der Waals surface area (Å²) in [5.74, 6) is -0.228. The number of nitrogens with zero attached hydrogens (tertiary/aromatic N) is 4. The van der Waals surface area contributed by atoms with Crippen molar-refractivity contribution < 1.29 is 18.0 Å². The summed E-state index contributed by atoms with van der Waals surface area (Å²) in [6.45, 7) is 1.69. The highest BCUT2D eigenvalue weighted by molar-refractivity contribution is 6.33. The van der Waals surface area contributed by atoms with E-state index in [4.69, 9.17) is 11.6 Å². The Hall–Kier alpha value is -2.22. The maximum Gasteiger partial charge on any atom is 0.416 e. The van der Waals surface area contributed by atoms with Crippen LogP contribution in [0.15, 0.2) is 30.5 Å². The van der Waals surface area contributed by atoms with Crippen molar-refractivity contribution in [3.05, 3.63) is 46.7 Å². The maximum atomic E-state index is 12.8. The molecule has 0 spiro atoms. The summed E-state index contributed by atoms with van der Waals surface area (Å²) in [5, 5.41) is 4.23. The van der Waals surface area contributed by atoms with Crippen molar-refractivity contribution in [2.24, 2.45) is 7.05 Å². The van der Waals surface area contributed by atoms with E-state index in [9.17, 15) is 18.0 Å². The third-order valence-electron chi connectivity index (χ3n) is 4.20. The summed E-state index contributed by atoms with van der Waals surface area (Å²) in [7, 11) is 1.64. The van der Waals surface area contributed by atoms with Crippen molar-refractivity contribution >= 4 is 23.2 Å². The van der Waals surface area contributed by atoms with Crippen LogP contribution in [0.5, 0.6) is 0 Å². The number of rotatable bonds is 2. The fourth-order valence-corrected chi connectivity index (χ4v) is 3.09. The van der Waals surface area contributed by atoms with Crippen LogP contribution in [0.4, 0.5) is 18.9 Å². The molecule has 0 unspecified atom stereocenters. The fourth-order valence-electron chi connectivity index (χ4n) is 2.85. The molecule has 0 radical (unpaired) electrons. The number of aryl methyl sites for hydroxylation is 1. The fraction of sp³-hybridized carbons (Fsp3) is 0.375. The molecule has 1 aromatic carbocycles. The first-order valence-electron chi connectivity index (χ1n) is 7.66. The zero-order valence-corrected chi connectivity index (χ0v) is 14.2. The topological polar surface area (TPSA) is 41.4 Å². The molecule has 1 fully saturated rings. The molecule has 9 heteroatoms. The molecule has 1 aliphatic heterocycles. The number of aromatic nitrogens is 2. The first-order chi connectivity index (χ1) is 11.8. The number of hydrogen-bond acceptors (Lipinski definition) is 3. The Morgan fingerprint density at radius 3 is 2.44 bits per heavy atom. The lowest BCUT2D eigenvalue weighted by Crippen LogP contribution is -2.49. The molecule has 0 N–H and O–H groups in total. The van der Waals surface area contributed by atoms with Gasteiger partial charge < -0.3 is 9.80 Å². The lowest BCUT2D eigenvalue weighted by atomic mass is 10.1. The van der Waals surface area contributed by atoms with E-state index < -0.39 is 11.7 Å². The van der Waals surface area contributed by atoms with Crippen molar-refractivity contribution in [1.29, 1.82) is 0 Å². The summed E-state index contributed by atoms with van der Waals surface area (Å²) in [6, 6.07) is 5.22. The van der Waals surface area contributed by atoms with E-state index >= 15 is 0 Å². The van der Waals surface area contributed by atoms with E-state index in [0.29, 0.717) is 37.6 Å². The number of alkyl halides is 3. The van der Waals surface area contributed by atoms with Gasteiger partial charge in [-0.1, -0.05) is 17.7 Å². The van der Waals surface area contributed by atoms with Crippen molar-refractivity contribution in [1.82, 2.24) is 14.7 Å². The van der Waals surface area contributed by atoms with Gasteiger partial charge >= 0.3 is 6.18 Å². The van der Waals surface area contributed by atoms with E-state index in [0.717, 1.165) is 12.1 Å². The van der Waals surface area contributed by atoms with Gasteiger partial charge in [0.15, 0.2) is 0 Å². The van der Waals surface area contributed by atoms with Crippen LogP contribution in [0.1, 0.15) is 16.1 Å². The highest BCUT2D eigenvalue weighted by atomic mass is 35.5. The van der Waals surface area contributed by atoms with Crippen LogP contribution < -0.4 is 4.90 Å². The molecule has 2 heterocycles. The number of piperazine rings is 1. The van der Waals surface area contributed by atoms with Gasteiger partial charge in [-0.15, -0.1) is 0 Å². The predicted octanol–water partition coefficient (Wildman–Crippen LogP) is 3.05. The van der Waals surface area contributed by atoms with E-state index in [2.05, 4.69) is 5.10 Å². The van der Waals surface area contributed by atoms with E-state index in [1.807, 2.05) is 4.90 Å². The quantitative estimate of drug-likeness (QED) is 0.813. The average Bonchev–Trinajstić information content (AvgIpc) is 2.92. The lowest BCUT2D eigenvalue weighted by molar-refractivity contribution is -0.137. The number of carbonyl (C=O) groups is 1. The number of hydrogen-bond donors (Lipinski definition) is 0. The normalized spacial score (nSPS) is 15.6. The second-order valence-electron chi connectivity index (χ2n) is 5.79. The Kier molecular flexibility index (Phi) is 4.64. The molecule has 25 heavy (non-hydrogen) atoms. The van der Waals surface area contributed by atoms with Crippen LogP contribution in [0.2, 0.25) is 5.02 Å². The van der Waals surface area contributed by atoms with Gasteiger partial charge in [-0.3, -0.25) is 9.48 Å². The minimum Gasteiger partial charge on any atom is -0.368 e. The van der Waals surface area contributed by atoms with Gasteiger partial charge in [0.25, 0.3) is 5.91 Å². The maximum absolute atomic E-state index is 12.8. The summed E-state index contributed by atoms with van der Waals surface area (Å²) in [6.07, 6.45) is -2.96. The first kappa shape index (κ1) is 17.6. The van der Waals surface area contributed by atoms with Crippen LogP contribution in [0.3, 0.4) is 0 Å². The standard InChI is InChI=1S/C16H16ClF3N4O/c1-22-14(13(17)10-21-22)15(25)24-7-5-23(6-8-24)12-4-2-3-11(9-12)16(18,19)20/h2-4,9-10H,5-8H2,1H3. The molecule has 1 saturated heterocycles. The van der Waals surface area contributed by atoms with E-state index in [-0.39, 0.29) is 10.9 Å². The van der Waals surface area contributed by atoms with Gasteiger partial charge in [0, 0.05) is 38.9 Å².